The van der Waals surface area contributed by atoms with E-state index in [1.807, 2.05) is 17.5 Å². The van der Waals surface area contributed by atoms with Crippen molar-refractivity contribution in [2.24, 2.45) is 0 Å². The SMILES string of the molecule is CCCNCc1cnc(N2CCN(CCC)CC2)s1. The molecule has 19 heavy (non-hydrogen) atoms. The van der Waals surface area contributed by atoms with E-state index in [2.05, 4.69) is 33.9 Å². The first-order valence-electron chi connectivity index (χ1n) is 7.46. The Balaban J connectivity index is 1.79. The van der Waals surface area contributed by atoms with Gasteiger partial charge in [0, 0.05) is 43.8 Å². The predicted molar refractivity (Wildman–Crippen MR) is 83.1 cm³/mol. The summed E-state index contributed by atoms with van der Waals surface area (Å²) in [7, 11) is 0. The monoisotopic (exact) mass is 282 g/mol. The molecule has 0 spiro atoms. The van der Waals surface area contributed by atoms with E-state index in [9.17, 15) is 0 Å². The highest BCUT2D eigenvalue weighted by Gasteiger charge is 2.18. The van der Waals surface area contributed by atoms with Crippen molar-refractivity contribution in [2.75, 3.05) is 44.2 Å². The summed E-state index contributed by atoms with van der Waals surface area (Å²) in [6.07, 6.45) is 4.47. The van der Waals surface area contributed by atoms with Crippen LogP contribution in [0, 0.1) is 0 Å². The minimum atomic E-state index is 0.960. The molecule has 0 unspecified atom stereocenters. The molecule has 0 aromatic carbocycles. The van der Waals surface area contributed by atoms with Crippen LogP contribution in [0.2, 0.25) is 0 Å². The third-order valence-electron chi connectivity index (χ3n) is 3.45. The van der Waals surface area contributed by atoms with E-state index in [1.165, 1.54) is 42.5 Å². The lowest BCUT2D eigenvalue weighted by Crippen LogP contribution is -2.46. The van der Waals surface area contributed by atoms with Crippen LogP contribution in [0.3, 0.4) is 0 Å². The maximum atomic E-state index is 4.58. The molecule has 2 rings (SSSR count). The number of nitrogens with one attached hydrogen (secondary N) is 1. The van der Waals surface area contributed by atoms with Gasteiger partial charge in [0.1, 0.15) is 0 Å². The van der Waals surface area contributed by atoms with Gasteiger partial charge in [-0.25, -0.2) is 4.98 Å². The molecule has 1 aromatic rings. The maximum Gasteiger partial charge on any atom is 0.185 e. The fourth-order valence-corrected chi connectivity index (χ4v) is 3.32. The van der Waals surface area contributed by atoms with Crippen molar-refractivity contribution in [2.45, 2.75) is 33.2 Å². The lowest BCUT2D eigenvalue weighted by atomic mass is 10.3. The summed E-state index contributed by atoms with van der Waals surface area (Å²) in [4.78, 5) is 10.9. The van der Waals surface area contributed by atoms with Gasteiger partial charge < -0.3 is 10.2 Å². The van der Waals surface area contributed by atoms with Crippen LogP contribution in [-0.2, 0) is 6.54 Å². The molecule has 0 saturated carbocycles. The molecule has 0 atom stereocenters. The summed E-state index contributed by atoms with van der Waals surface area (Å²) in [6, 6.07) is 0. The molecular formula is C14H26N4S. The summed E-state index contributed by atoms with van der Waals surface area (Å²) in [5.74, 6) is 0. The number of thiazole rings is 1. The van der Waals surface area contributed by atoms with E-state index in [4.69, 9.17) is 0 Å². The average molecular weight is 282 g/mol. The van der Waals surface area contributed by atoms with Gasteiger partial charge >= 0.3 is 0 Å². The average Bonchev–Trinajstić information content (AvgIpc) is 2.89. The van der Waals surface area contributed by atoms with E-state index >= 15 is 0 Å². The van der Waals surface area contributed by atoms with Crippen molar-refractivity contribution in [3.8, 4) is 0 Å². The number of rotatable bonds is 7. The van der Waals surface area contributed by atoms with Gasteiger partial charge in [-0.05, 0) is 25.9 Å². The molecule has 0 amide bonds. The number of aromatic nitrogens is 1. The second kappa shape index (κ2) is 7.82. The first-order valence-corrected chi connectivity index (χ1v) is 8.27. The summed E-state index contributed by atoms with van der Waals surface area (Å²) < 4.78 is 0. The number of hydrogen-bond donors (Lipinski definition) is 1. The lowest BCUT2D eigenvalue weighted by molar-refractivity contribution is 0.258. The fraction of sp³-hybridized carbons (Fsp3) is 0.786. The van der Waals surface area contributed by atoms with Crippen molar-refractivity contribution < 1.29 is 0 Å². The molecular weight excluding hydrogens is 256 g/mol. The summed E-state index contributed by atoms with van der Waals surface area (Å²) in [5.41, 5.74) is 0. The molecule has 0 bridgehead atoms. The number of nitrogens with zero attached hydrogens (tertiary/aromatic N) is 3. The van der Waals surface area contributed by atoms with E-state index < -0.39 is 0 Å². The van der Waals surface area contributed by atoms with Gasteiger partial charge in [0.25, 0.3) is 0 Å². The van der Waals surface area contributed by atoms with Gasteiger partial charge in [0.05, 0.1) is 0 Å². The molecule has 5 heteroatoms. The zero-order chi connectivity index (χ0) is 13.5. The van der Waals surface area contributed by atoms with Gasteiger partial charge in [-0.1, -0.05) is 13.8 Å². The minimum Gasteiger partial charge on any atom is -0.346 e. The molecule has 0 radical (unpaired) electrons. The summed E-state index contributed by atoms with van der Waals surface area (Å²) in [6.45, 7) is 12.3. The second-order valence-corrected chi connectivity index (χ2v) is 6.21. The zero-order valence-corrected chi connectivity index (χ0v) is 13.0. The van der Waals surface area contributed by atoms with Crippen LogP contribution in [0.4, 0.5) is 5.13 Å². The van der Waals surface area contributed by atoms with Gasteiger partial charge in [0.15, 0.2) is 5.13 Å². The Labute approximate surface area is 120 Å². The molecule has 1 aromatic heterocycles. The number of hydrogen-bond acceptors (Lipinski definition) is 5. The second-order valence-electron chi connectivity index (χ2n) is 5.11. The van der Waals surface area contributed by atoms with Crippen LogP contribution in [0.5, 0.6) is 0 Å². The van der Waals surface area contributed by atoms with E-state index in [-0.39, 0.29) is 0 Å². The number of piperazine rings is 1. The van der Waals surface area contributed by atoms with Crippen molar-refractivity contribution in [3.05, 3.63) is 11.1 Å². The van der Waals surface area contributed by atoms with Crippen molar-refractivity contribution in [3.63, 3.8) is 0 Å². The van der Waals surface area contributed by atoms with Gasteiger partial charge in [-0.15, -0.1) is 11.3 Å². The Hall–Kier alpha value is -0.650. The van der Waals surface area contributed by atoms with Crippen LogP contribution >= 0.6 is 11.3 Å². The third kappa shape index (κ3) is 4.44. The molecule has 1 saturated heterocycles. The van der Waals surface area contributed by atoms with E-state index in [0.717, 1.165) is 26.2 Å². The molecule has 108 valence electrons. The van der Waals surface area contributed by atoms with Gasteiger partial charge in [0.2, 0.25) is 0 Å². The van der Waals surface area contributed by atoms with Crippen LogP contribution < -0.4 is 10.2 Å². The normalized spacial score (nSPS) is 17.1. The quantitative estimate of drug-likeness (QED) is 0.777. The Kier molecular flexibility index (Phi) is 6.07. The Morgan fingerprint density at radius 1 is 1.21 bits per heavy atom. The highest BCUT2D eigenvalue weighted by atomic mass is 32.1. The largest absolute Gasteiger partial charge is 0.346 e. The van der Waals surface area contributed by atoms with E-state index in [1.54, 1.807) is 0 Å². The van der Waals surface area contributed by atoms with E-state index in [0.29, 0.717) is 0 Å². The van der Waals surface area contributed by atoms with Crippen LogP contribution in [0.1, 0.15) is 31.6 Å². The Morgan fingerprint density at radius 2 is 2.00 bits per heavy atom. The maximum absolute atomic E-state index is 4.58. The Morgan fingerprint density at radius 3 is 2.68 bits per heavy atom. The molecule has 0 aliphatic carbocycles. The molecule has 1 aliphatic rings. The first kappa shape index (κ1) is 14.8. The zero-order valence-electron chi connectivity index (χ0n) is 12.2. The van der Waals surface area contributed by atoms with Crippen LogP contribution in [-0.4, -0.2) is 49.2 Å². The topological polar surface area (TPSA) is 31.4 Å². The highest BCUT2D eigenvalue weighted by molar-refractivity contribution is 7.15. The summed E-state index contributed by atoms with van der Waals surface area (Å²) >= 11 is 1.84. The summed E-state index contributed by atoms with van der Waals surface area (Å²) in [5, 5.41) is 4.63. The van der Waals surface area contributed by atoms with Gasteiger partial charge in [-0.3, -0.25) is 4.90 Å². The smallest absolute Gasteiger partial charge is 0.185 e. The van der Waals surface area contributed by atoms with Gasteiger partial charge in [-0.2, -0.15) is 0 Å². The van der Waals surface area contributed by atoms with Crippen LogP contribution in [0.25, 0.3) is 0 Å². The highest BCUT2D eigenvalue weighted by Crippen LogP contribution is 2.23. The van der Waals surface area contributed by atoms with Crippen molar-refractivity contribution in [1.82, 2.24) is 15.2 Å². The minimum absolute atomic E-state index is 0.960. The first-order chi connectivity index (χ1) is 9.33. The molecule has 1 fully saturated rings. The standard InChI is InChI=1S/C14H26N4S/c1-3-5-15-11-13-12-16-14(19-13)18-9-7-17(6-4-2)8-10-18/h12,15H,3-11H2,1-2H3. The third-order valence-corrected chi connectivity index (χ3v) is 4.51. The molecule has 1 aliphatic heterocycles. The van der Waals surface area contributed by atoms with Crippen molar-refractivity contribution in [1.29, 1.82) is 0 Å². The molecule has 1 N–H and O–H groups in total. The lowest BCUT2D eigenvalue weighted by Gasteiger charge is -2.34. The Bertz CT molecular complexity index is 358. The predicted octanol–water partition coefficient (Wildman–Crippen LogP) is 2.17. The molecule has 2 heterocycles. The van der Waals surface area contributed by atoms with Crippen LogP contribution in [0.15, 0.2) is 6.20 Å². The van der Waals surface area contributed by atoms with Crippen molar-refractivity contribution >= 4 is 16.5 Å². The molecule has 4 nitrogen and oxygen atoms in total. The number of anilines is 1. The fourth-order valence-electron chi connectivity index (χ4n) is 2.39.